The van der Waals surface area contributed by atoms with Crippen LogP contribution < -0.4 is 4.74 Å². The van der Waals surface area contributed by atoms with Crippen LogP contribution in [0.15, 0.2) is 24.3 Å². The third-order valence-electron chi connectivity index (χ3n) is 2.99. The van der Waals surface area contributed by atoms with Crippen molar-refractivity contribution >= 4 is 10.8 Å². The van der Waals surface area contributed by atoms with E-state index in [2.05, 4.69) is 0 Å². The molecule has 16 heavy (non-hydrogen) atoms. The van der Waals surface area contributed by atoms with E-state index in [0.29, 0.717) is 5.39 Å². The molecule has 1 heterocycles. The molecule has 0 amide bonds. The van der Waals surface area contributed by atoms with Gasteiger partial charge in [-0.15, -0.1) is 0 Å². The van der Waals surface area contributed by atoms with E-state index >= 15 is 0 Å². The Morgan fingerprint density at radius 3 is 2.94 bits per heavy atom. The first-order valence-corrected chi connectivity index (χ1v) is 5.30. The quantitative estimate of drug-likeness (QED) is 0.665. The van der Waals surface area contributed by atoms with E-state index in [0.717, 1.165) is 23.1 Å². The lowest BCUT2D eigenvalue weighted by molar-refractivity contribution is 0.218. The van der Waals surface area contributed by atoms with Crippen molar-refractivity contribution in [3.63, 3.8) is 0 Å². The fraction of sp³-hybridized carbons (Fsp3) is 0.231. The standard InChI is InChI=1S/C13H12O3/c1-7-5-8-6-10(14)13(15)9-3-2-4-11(16-7)12(8)9/h2-4,6-7,14-15H,5H2,1H3. The predicted octanol–water partition coefficient (Wildman–Crippen LogP) is 2.57. The van der Waals surface area contributed by atoms with Crippen LogP contribution in [0.1, 0.15) is 12.5 Å². The van der Waals surface area contributed by atoms with E-state index < -0.39 is 0 Å². The van der Waals surface area contributed by atoms with Crippen LogP contribution in [0, 0.1) is 0 Å². The van der Waals surface area contributed by atoms with Gasteiger partial charge in [-0.05, 0) is 24.6 Å². The van der Waals surface area contributed by atoms with Crippen LogP contribution in [-0.4, -0.2) is 16.3 Å². The fourth-order valence-corrected chi connectivity index (χ4v) is 2.33. The van der Waals surface area contributed by atoms with Gasteiger partial charge < -0.3 is 14.9 Å². The van der Waals surface area contributed by atoms with Crippen LogP contribution in [0.25, 0.3) is 10.8 Å². The Balaban J connectivity index is 2.45. The molecule has 1 aliphatic rings. The Hall–Kier alpha value is -1.90. The minimum atomic E-state index is -0.0706. The minimum absolute atomic E-state index is 0.0613. The summed E-state index contributed by atoms with van der Waals surface area (Å²) in [5.74, 6) is 0.647. The van der Waals surface area contributed by atoms with Gasteiger partial charge in [0.2, 0.25) is 0 Å². The number of phenols is 2. The average molecular weight is 216 g/mol. The Kier molecular flexibility index (Phi) is 1.78. The second-order valence-electron chi connectivity index (χ2n) is 4.21. The molecule has 0 aromatic heterocycles. The van der Waals surface area contributed by atoms with Gasteiger partial charge in [0, 0.05) is 17.2 Å². The number of phenolic OH excluding ortho intramolecular Hbond substituents is 2. The van der Waals surface area contributed by atoms with Gasteiger partial charge in [0.1, 0.15) is 5.75 Å². The maximum absolute atomic E-state index is 9.79. The van der Waals surface area contributed by atoms with Crippen molar-refractivity contribution in [1.82, 2.24) is 0 Å². The summed E-state index contributed by atoms with van der Waals surface area (Å²) in [5.41, 5.74) is 1.03. The lowest BCUT2D eigenvalue weighted by Crippen LogP contribution is -2.19. The molecule has 3 rings (SSSR count). The first kappa shape index (κ1) is 9.33. The monoisotopic (exact) mass is 216 g/mol. The summed E-state index contributed by atoms with van der Waals surface area (Å²) in [4.78, 5) is 0. The summed E-state index contributed by atoms with van der Waals surface area (Å²) in [6, 6.07) is 7.12. The van der Waals surface area contributed by atoms with Crippen LogP contribution in [0.2, 0.25) is 0 Å². The SMILES string of the molecule is CC1Cc2cc(O)c(O)c3cccc(c23)O1. The van der Waals surface area contributed by atoms with E-state index in [1.807, 2.05) is 19.1 Å². The molecule has 2 aromatic carbocycles. The van der Waals surface area contributed by atoms with Crippen molar-refractivity contribution in [3.05, 3.63) is 29.8 Å². The maximum Gasteiger partial charge on any atom is 0.165 e. The van der Waals surface area contributed by atoms with Crippen molar-refractivity contribution in [3.8, 4) is 17.2 Å². The summed E-state index contributed by atoms with van der Waals surface area (Å²) in [6.07, 6.45) is 0.850. The highest BCUT2D eigenvalue weighted by Crippen LogP contribution is 2.42. The fourth-order valence-electron chi connectivity index (χ4n) is 2.33. The zero-order chi connectivity index (χ0) is 11.3. The van der Waals surface area contributed by atoms with Gasteiger partial charge >= 0.3 is 0 Å². The summed E-state index contributed by atoms with van der Waals surface area (Å²) in [6.45, 7) is 1.99. The van der Waals surface area contributed by atoms with E-state index in [9.17, 15) is 10.2 Å². The highest BCUT2D eigenvalue weighted by Gasteiger charge is 2.21. The van der Waals surface area contributed by atoms with Crippen molar-refractivity contribution in [2.24, 2.45) is 0 Å². The number of aromatic hydroxyl groups is 2. The number of ether oxygens (including phenoxy) is 1. The van der Waals surface area contributed by atoms with Gasteiger partial charge in [-0.3, -0.25) is 0 Å². The Bertz CT molecular complexity index is 575. The molecule has 3 heteroatoms. The van der Waals surface area contributed by atoms with Crippen molar-refractivity contribution in [2.45, 2.75) is 19.4 Å². The van der Waals surface area contributed by atoms with Crippen molar-refractivity contribution in [1.29, 1.82) is 0 Å². The molecule has 1 atom stereocenters. The number of hydrogen-bond acceptors (Lipinski definition) is 3. The van der Waals surface area contributed by atoms with Gasteiger partial charge in [0.05, 0.1) is 6.10 Å². The zero-order valence-electron chi connectivity index (χ0n) is 8.90. The van der Waals surface area contributed by atoms with Gasteiger partial charge in [0.25, 0.3) is 0 Å². The molecule has 0 aliphatic carbocycles. The molecule has 82 valence electrons. The third kappa shape index (κ3) is 1.14. The molecule has 2 aromatic rings. The largest absolute Gasteiger partial charge is 0.504 e. The van der Waals surface area contributed by atoms with Crippen LogP contribution in [0.5, 0.6) is 17.2 Å². The first-order valence-electron chi connectivity index (χ1n) is 5.30. The van der Waals surface area contributed by atoms with Crippen molar-refractivity contribution in [2.75, 3.05) is 0 Å². The van der Waals surface area contributed by atoms with Gasteiger partial charge in [-0.1, -0.05) is 12.1 Å². The van der Waals surface area contributed by atoms with Crippen LogP contribution in [-0.2, 0) is 6.42 Å². The van der Waals surface area contributed by atoms with Gasteiger partial charge in [-0.2, -0.15) is 0 Å². The van der Waals surface area contributed by atoms with E-state index in [4.69, 9.17) is 4.74 Å². The molecule has 0 saturated carbocycles. The molecule has 2 N–H and O–H groups in total. The zero-order valence-corrected chi connectivity index (χ0v) is 8.90. The smallest absolute Gasteiger partial charge is 0.165 e. The number of benzene rings is 2. The third-order valence-corrected chi connectivity index (χ3v) is 2.99. The maximum atomic E-state index is 9.79. The lowest BCUT2D eigenvalue weighted by atomic mass is 9.96. The van der Waals surface area contributed by atoms with Crippen LogP contribution in [0.4, 0.5) is 0 Å². The lowest BCUT2D eigenvalue weighted by Gasteiger charge is -2.24. The highest BCUT2D eigenvalue weighted by molar-refractivity contribution is 5.97. The molecule has 0 fully saturated rings. The van der Waals surface area contributed by atoms with Gasteiger partial charge in [0.15, 0.2) is 11.5 Å². The Morgan fingerprint density at radius 2 is 2.12 bits per heavy atom. The molecule has 0 radical (unpaired) electrons. The van der Waals surface area contributed by atoms with E-state index in [-0.39, 0.29) is 17.6 Å². The molecule has 1 unspecified atom stereocenters. The van der Waals surface area contributed by atoms with Gasteiger partial charge in [-0.25, -0.2) is 0 Å². The summed E-state index contributed by atoms with van der Waals surface area (Å²) in [5, 5.41) is 21.0. The van der Waals surface area contributed by atoms with Crippen LogP contribution >= 0.6 is 0 Å². The average Bonchev–Trinajstić information content (AvgIpc) is 2.25. The number of rotatable bonds is 0. The molecule has 0 saturated heterocycles. The molecule has 0 spiro atoms. The summed E-state index contributed by atoms with van der Waals surface area (Å²) in [7, 11) is 0. The molecular weight excluding hydrogens is 204 g/mol. The van der Waals surface area contributed by atoms with E-state index in [1.54, 1.807) is 12.1 Å². The van der Waals surface area contributed by atoms with Crippen molar-refractivity contribution < 1.29 is 14.9 Å². The second-order valence-corrected chi connectivity index (χ2v) is 4.21. The topological polar surface area (TPSA) is 49.7 Å². The number of hydrogen-bond donors (Lipinski definition) is 2. The summed E-state index contributed by atoms with van der Waals surface area (Å²) < 4.78 is 5.71. The second kappa shape index (κ2) is 3.04. The van der Waals surface area contributed by atoms with E-state index in [1.165, 1.54) is 0 Å². The Labute approximate surface area is 92.9 Å². The molecule has 3 nitrogen and oxygen atoms in total. The Morgan fingerprint density at radius 1 is 1.31 bits per heavy atom. The highest BCUT2D eigenvalue weighted by atomic mass is 16.5. The molecule has 1 aliphatic heterocycles. The predicted molar refractivity (Wildman–Crippen MR) is 61.1 cm³/mol. The first-order chi connectivity index (χ1) is 7.66. The van der Waals surface area contributed by atoms with Crippen LogP contribution in [0.3, 0.4) is 0 Å². The normalized spacial score (nSPS) is 18.4. The molecular formula is C13H12O3. The summed E-state index contributed by atoms with van der Waals surface area (Å²) >= 11 is 0. The molecule has 0 bridgehead atoms. The minimum Gasteiger partial charge on any atom is -0.504 e.